The molecule has 0 aliphatic heterocycles. The molecule has 1 heterocycles. The van der Waals surface area contributed by atoms with E-state index in [-0.39, 0.29) is 18.4 Å². The Morgan fingerprint density at radius 3 is 2.25 bits per heavy atom. The molecule has 0 saturated carbocycles. The fourth-order valence-corrected chi connectivity index (χ4v) is 1.55. The molecule has 0 aliphatic carbocycles. The van der Waals surface area contributed by atoms with Crippen LogP contribution in [0.15, 0.2) is 36.7 Å². The largest absolute Gasteiger partial charge is 0.324 e. The second kappa shape index (κ2) is 5.14. The number of hydrogen-bond acceptors (Lipinski definition) is 2. The molecule has 0 amide bonds. The van der Waals surface area contributed by atoms with Gasteiger partial charge in [0.1, 0.15) is 0 Å². The van der Waals surface area contributed by atoms with Crippen LogP contribution in [0.25, 0.3) is 11.1 Å². The first-order valence-corrected chi connectivity index (χ1v) is 5.01. The van der Waals surface area contributed by atoms with Gasteiger partial charge in [0.15, 0.2) is 0 Å². The second-order valence-electron chi connectivity index (χ2n) is 3.81. The van der Waals surface area contributed by atoms with E-state index in [2.05, 4.69) is 29.4 Å². The summed E-state index contributed by atoms with van der Waals surface area (Å²) >= 11 is 0. The molecule has 0 bridgehead atoms. The summed E-state index contributed by atoms with van der Waals surface area (Å²) in [6, 6.07) is 8.37. The lowest BCUT2D eigenvalue weighted by atomic mass is 10.0. The molecule has 4 heteroatoms. The number of aromatic nitrogens is 2. The zero-order chi connectivity index (χ0) is 10.8. The van der Waals surface area contributed by atoms with Gasteiger partial charge in [0, 0.05) is 24.8 Å². The number of benzene rings is 1. The van der Waals surface area contributed by atoms with Crippen molar-refractivity contribution in [3.63, 3.8) is 0 Å². The van der Waals surface area contributed by atoms with E-state index in [0.717, 1.165) is 11.1 Å². The van der Waals surface area contributed by atoms with Gasteiger partial charge in [-0.2, -0.15) is 5.10 Å². The van der Waals surface area contributed by atoms with Gasteiger partial charge in [-0.3, -0.25) is 4.68 Å². The molecule has 0 fully saturated rings. The van der Waals surface area contributed by atoms with Crippen molar-refractivity contribution in [2.24, 2.45) is 12.8 Å². The molecule has 16 heavy (non-hydrogen) atoms. The first kappa shape index (κ1) is 12.7. The molecule has 0 spiro atoms. The van der Waals surface area contributed by atoms with E-state index in [0.29, 0.717) is 0 Å². The number of nitrogens with zero attached hydrogens (tertiary/aromatic N) is 2. The molecule has 1 aromatic heterocycles. The van der Waals surface area contributed by atoms with E-state index in [1.807, 2.05) is 26.4 Å². The summed E-state index contributed by atoms with van der Waals surface area (Å²) in [5.41, 5.74) is 9.25. The van der Waals surface area contributed by atoms with Crippen molar-refractivity contribution in [1.82, 2.24) is 9.78 Å². The highest BCUT2D eigenvalue weighted by atomic mass is 35.5. The lowest BCUT2D eigenvalue weighted by Crippen LogP contribution is -2.04. The number of hydrogen-bond donors (Lipinski definition) is 1. The zero-order valence-corrected chi connectivity index (χ0v) is 10.2. The van der Waals surface area contributed by atoms with Crippen LogP contribution in [0.5, 0.6) is 0 Å². The Balaban J connectivity index is 0.00000128. The van der Waals surface area contributed by atoms with Crippen LogP contribution in [0, 0.1) is 0 Å². The Labute approximate surface area is 102 Å². The van der Waals surface area contributed by atoms with Gasteiger partial charge in [0.2, 0.25) is 0 Å². The third-order valence-corrected chi connectivity index (χ3v) is 2.47. The average molecular weight is 238 g/mol. The van der Waals surface area contributed by atoms with Crippen molar-refractivity contribution in [3.8, 4) is 11.1 Å². The van der Waals surface area contributed by atoms with Crippen LogP contribution in [-0.4, -0.2) is 9.78 Å². The topological polar surface area (TPSA) is 43.8 Å². The number of nitrogens with two attached hydrogens (primary N) is 1. The zero-order valence-electron chi connectivity index (χ0n) is 9.42. The summed E-state index contributed by atoms with van der Waals surface area (Å²) in [5.74, 6) is 0. The van der Waals surface area contributed by atoms with Gasteiger partial charge in [-0.1, -0.05) is 24.3 Å². The van der Waals surface area contributed by atoms with Crippen molar-refractivity contribution in [1.29, 1.82) is 0 Å². The van der Waals surface area contributed by atoms with E-state index in [1.54, 1.807) is 4.68 Å². The first-order valence-electron chi connectivity index (χ1n) is 5.01. The summed E-state index contributed by atoms with van der Waals surface area (Å²) in [7, 11) is 1.92. The van der Waals surface area contributed by atoms with Crippen LogP contribution in [0.2, 0.25) is 0 Å². The van der Waals surface area contributed by atoms with Crippen LogP contribution in [0.3, 0.4) is 0 Å². The van der Waals surface area contributed by atoms with Crippen molar-refractivity contribution in [3.05, 3.63) is 42.2 Å². The first-order chi connectivity index (χ1) is 7.16. The van der Waals surface area contributed by atoms with E-state index < -0.39 is 0 Å². The molecule has 2 rings (SSSR count). The van der Waals surface area contributed by atoms with Crippen LogP contribution < -0.4 is 5.73 Å². The number of halogens is 1. The third-order valence-electron chi connectivity index (χ3n) is 2.47. The Hall–Kier alpha value is -1.32. The van der Waals surface area contributed by atoms with Gasteiger partial charge in [0.05, 0.1) is 6.20 Å². The predicted octanol–water partition coefficient (Wildman–Crippen LogP) is 2.53. The van der Waals surface area contributed by atoms with Gasteiger partial charge in [-0.05, 0) is 18.1 Å². The molecule has 3 nitrogen and oxygen atoms in total. The minimum Gasteiger partial charge on any atom is -0.324 e. The summed E-state index contributed by atoms with van der Waals surface area (Å²) < 4.78 is 1.80. The van der Waals surface area contributed by atoms with Crippen LogP contribution in [-0.2, 0) is 7.05 Å². The SMILES string of the molecule is C[C@H](N)c1ccc(-c2cnn(C)c2)cc1.Cl. The highest BCUT2D eigenvalue weighted by Gasteiger charge is 2.02. The predicted molar refractivity (Wildman–Crippen MR) is 68.5 cm³/mol. The molecule has 0 aliphatic rings. The summed E-state index contributed by atoms with van der Waals surface area (Å²) in [4.78, 5) is 0. The molecule has 2 N–H and O–H groups in total. The molecule has 2 aromatic rings. The number of aryl methyl sites for hydroxylation is 1. The van der Waals surface area contributed by atoms with Crippen molar-refractivity contribution in [2.45, 2.75) is 13.0 Å². The van der Waals surface area contributed by atoms with Crippen LogP contribution in [0.4, 0.5) is 0 Å². The molecule has 0 radical (unpaired) electrons. The van der Waals surface area contributed by atoms with Gasteiger partial charge in [-0.25, -0.2) is 0 Å². The molecular weight excluding hydrogens is 222 g/mol. The van der Waals surface area contributed by atoms with Gasteiger partial charge in [0.25, 0.3) is 0 Å². The second-order valence-corrected chi connectivity index (χ2v) is 3.81. The summed E-state index contributed by atoms with van der Waals surface area (Å²) in [6.45, 7) is 1.99. The van der Waals surface area contributed by atoms with Crippen molar-refractivity contribution < 1.29 is 0 Å². The van der Waals surface area contributed by atoms with Gasteiger partial charge < -0.3 is 5.73 Å². The molecule has 1 atom stereocenters. The third kappa shape index (κ3) is 2.62. The standard InChI is InChI=1S/C12H15N3.ClH/c1-9(13)10-3-5-11(6-4-10)12-7-14-15(2)8-12;/h3-9H,13H2,1-2H3;1H/t9-;/m0./s1. The highest BCUT2D eigenvalue weighted by molar-refractivity contribution is 5.85. The van der Waals surface area contributed by atoms with Crippen molar-refractivity contribution in [2.75, 3.05) is 0 Å². The lowest BCUT2D eigenvalue weighted by molar-refractivity contribution is 0.768. The fourth-order valence-electron chi connectivity index (χ4n) is 1.55. The molecule has 86 valence electrons. The maximum Gasteiger partial charge on any atom is 0.0568 e. The fraction of sp³-hybridized carbons (Fsp3) is 0.250. The maximum atomic E-state index is 5.79. The molecule has 0 unspecified atom stereocenters. The van der Waals surface area contributed by atoms with E-state index in [9.17, 15) is 0 Å². The minimum absolute atomic E-state index is 0. The monoisotopic (exact) mass is 237 g/mol. The Bertz CT molecular complexity index is 446. The number of rotatable bonds is 2. The van der Waals surface area contributed by atoms with Crippen LogP contribution >= 0.6 is 12.4 Å². The van der Waals surface area contributed by atoms with E-state index in [1.165, 1.54) is 5.56 Å². The Kier molecular flexibility index (Phi) is 4.10. The smallest absolute Gasteiger partial charge is 0.0568 e. The lowest BCUT2D eigenvalue weighted by Gasteiger charge is -2.05. The van der Waals surface area contributed by atoms with Gasteiger partial charge in [-0.15, -0.1) is 12.4 Å². The Morgan fingerprint density at radius 1 is 1.19 bits per heavy atom. The quantitative estimate of drug-likeness (QED) is 0.872. The normalized spacial score (nSPS) is 11.9. The van der Waals surface area contributed by atoms with E-state index in [4.69, 9.17) is 5.73 Å². The Morgan fingerprint density at radius 2 is 1.81 bits per heavy atom. The van der Waals surface area contributed by atoms with Crippen molar-refractivity contribution >= 4 is 12.4 Å². The summed E-state index contributed by atoms with van der Waals surface area (Å²) in [5, 5.41) is 4.14. The molecular formula is C12H16ClN3. The molecule has 1 aromatic carbocycles. The highest BCUT2D eigenvalue weighted by Crippen LogP contribution is 2.20. The van der Waals surface area contributed by atoms with Gasteiger partial charge >= 0.3 is 0 Å². The van der Waals surface area contributed by atoms with Crippen LogP contribution in [0.1, 0.15) is 18.5 Å². The average Bonchev–Trinajstić information content (AvgIpc) is 2.65. The summed E-state index contributed by atoms with van der Waals surface area (Å²) in [6.07, 6.45) is 3.86. The maximum absolute atomic E-state index is 5.79. The molecule has 0 saturated heterocycles. The van der Waals surface area contributed by atoms with E-state index >= 15 is 0 Å². The minimum atomic E-state index is 0.